The van der Waals surface area contributed by atoms with E-state index in [0.29, 0.717) is 17.0 Å². The van der Waals surface area contributed by atoms with Crippen LogP contribution in [0, 0.1) is 11.8 Å². The lowest BCUT2D eigenvalue weighted by Gasteiger charge is -1.87. The Morgan fingerprint density at radius 3 is 2.91 bits per heavy atom. The topological polar surface area (TPSA) is 30.0 Å². The molecule has 0 saturated carbocycles. The van der Waals surface area contributed by atoms with Crippen molar-refractivity contribution in [3.8, 4) is 11.8 Å². The molecule has 0 amide bonds. The van der Waals surface area contributed by atoms with Gasteiger partial charge in [0, 0.05) is 11.8 Å². The van der Waals surface area contributed by atoms with Gasteiger partial charge in [0.1, 0.15) is 5.15 Å². The van der Waals surface area contributed by atoms with Gasteiger partial charge in [-0.05, 0) is 18.1 Å². The molecule has 0 saturated heterocycles. The van der Waals surface area contributed by atoms with Crippen molar-refractivity contribution in [2.24, 2.45) is 0 Å². The highest BCUT2D eigenvalue weighted by Crippen LogP contribution is 2.03. The minimum Gasteiger partial charge on any atom is -0.289 e. The van der Waals surface area contributed by atoms with Crippen LogP contribution in [-0.2, 0) is 4.79 Å². The second-order valence-corrected chi connectivity index (χ2v) is 2.14. The summed E-state index contributed by atoms with van der Waals surface area (Å²) < 4.78 is 0. The van der Waals surface area contributed by atoms with E-state index in [-0.39, 0.29) is 0 Å². The van der Waals surface area contributed by atoms with Gasteiger partial charge in [0.2, 0.25) is 0 Å². The van der Waals surface area contributed by atoms with Crippen molar-refractivity contribution in [1.29, 1.82) is 0 Å². The van der Waals surface area contributed by atoms with E-state index in [9.17, 15) is 4.79 Å². The maximum absolute atomic E-state index is 9.83. The number of aldehydes is 1. The van der Waals surface area contributed by atoms with E-state index in [2.05, 4.69) is 16.8 Å². The zero-order valence-corrected chi connectivity index (χ0v) is 6.30. The highest BCUT2D eigenvalue weighted by atomic mass is 35.5. The largest absolute Gasteiger partial charge is 0.289 e. The highest BCUT2D eigenvalue weighted by molar-refractivity contribution is 6.29. The summed E-state index contributed by atoms with van der Waals surface area (Å²) in [7, 11) is 0. The van der Waals surface area contributed by atoms with Crippen molar-refractivity contribution >= 4 is 17.9 Å². The first-order chi connectivity index (χ1) is 5.33. The van der Waals surface area contributed by atoms with Crippen LogP contribution in [0.5, 0.6) is 0 Å². The predicted octanol–water partition coefficient (Wildman–Crippen LogP) is 1.29. The van der Waals surface area contributed by atoms with E-state index in [1.54, 1.807) is 12.1 Å². The molecule has 0 N–H and O–H groups in total. The quantitative estimate of drug-likeness (QED) is 0.329. The van der Waals surface area contributed by atoms with Crippen LogP contribution in [0.3, 0.4) is 0 Å². The Morgan fingerprint density at radius 1 is 1.55 bits per heavy atom. The minimum absolute atomic E-state index is 0.418. The van der Waals surface area contributed by atoms with Gasteiger partial charge in [0.25, 0.3) is 0 Å². The summed E-state index contributed by atoms with van der Waals surface area (Å²) in [5.41, 5.74) is 0.682. The van der Waals surface area contributed by atoms with Gasteiger partial charge < -0.3 is 0 Å². The van der Waals surface area contributed by atoms with Crippen LogP contribution in [0.25, 0.3) is 0 Å². The Labute approximate surface area is 69.2 Å². The zero-order chi connectivity index (χ0) is 8.10. The van der Waals surface area contributed by atoms with Crippen LogP contribution in [0.15, 0.2) is 18.3 Å². The fraction of sp³-hybridized carbons (Fsp3) is 0. The van der Waals surface area contributed by atoms with Crippen LogP contribution in [0.1, 0.15) is 5.56 Å². The molecular formula is C8H4ClNO. The zero-order valence-electron chi connectivity index (χ0n) is 5.54. The fourth-order valence-corrected chi connectivity index (χ4v) is 0.674. The number of pyridine rings is 1. The number of aromatic nitrogens is 1. The van der Waals surface area contributed by atoms with Gasteiger partial charge in [-0.25, -0.2) is 4.98 Å². The average molecular weight is 166 g/mol. The summed E-state index contributed by atoms with van der Waals surface area (Å²) in [4.78, 5) is 13.6. The van der Waals surface area contributed by atoms with Crippen molar-refractivity contribution < 1.29 is 4.79 Å². The maximum Gasteiger partial charge on any atom is 0.193 e. The molecule has 0 aliphatic heterocycles. The van der Waals surface area contributed by atoms with Crippen molar-refractivity contribution in [2.75, 3.05) is 0 Å². The number of carbonyl (C=O) groups is 1. The molecule has 54 valence electrons. The highest BCUT2D eigenvalue weighted by Gasteiger charge is 1.87. The van der Waals surface area contributed by atoms with E-state index in [4.69, 9.17) is 11.6 Å². The van der Waals surface area contributed by atoms with Crippen LogP contribution in [0.2, 0.25) is 5.15 Å². The van der Waals surface area contributed by atoms with Gasteiger partial charge in [-0.1, -0.05) is 17.5 Å². The Kier molecular flexibility index (Phi) is 2.65. The van der Waals surface area contributed by atoms with Crippen molar-refractivity contribution in [3.63, 3.8) is 0 Å². The molecule has 0 aromatic carbocycles. The molecule has 3 heteroatoms. The molecule has 1 rings (SSSR count). The Balaban J connectivity index is 2.90. The summed E-state index contributed by atoms with van der Waals surface area (Å²) in [5, 5.41) is 0.418. The first kappa shape index (κ1) is 7.77. The molecule has 2 nitrogen and oxygen atoms in total. The number of hydrogen-bond acceptors (Lipinski definition) is 2. The number of rotatable bonds is 0. The van der Waals surface area contributed by atoms with Crippen molar-refractivity contribution in [1.82, 2.24) is 4.98 Å². The van der Waals surface area contributed by atoms with Gasteiger partial charge in [-0.2, -0.15) is 0 Å². The molecule has 0 unspecified atom stereocenters. The molecule has 0 fully saturated rings. The Hall–Kier alpha value is -1.33. The van der Waals surface area contributed by atoms with E-state index in [0.717, 1.165) is 0 Å². The molecule has 0 aliphatic carbocycles. The average Bonchev–Trinajstić information content (AvgIpc) is 2.04. The monoisotopic (exact) mass is 165 g/mol. The van der Waals surface area contributed by atoms with Crippen LogP contribution < -0.4 is 0 Å². The molecule has 0 spiro atoms. The maximum atomic E-state index is 9.83. The van der Waals surface area contributed by atoms with Crippen LogP contribution in [0.4, 0.5) is 0 Å². The molecule has 11 heavy (non-hydrogen) atoms. The summed E-state index contributed by atoms with van der Waals surface area (Å²) >= 11 is 5.52. The third-order valence-corrected chi connectivity index (χ3v) is 1.23. The number of carbonyl (C=O) groups excluding carboxylic acids is 1. The van der Waals surface area contributed by atoms with E-state index >= 15 is 0 Å². The predicted molar refractivity (Wildman–Crippen MR) is 42.2 cm³/mol. The van der Waals surface area contributed by atoms with E-state index in [1.807, 2.05) is 0 Å². The van der Waals surface area contributed by atoms with E-state index in [1.165, 1.54) is 6.20 Å². The van der Waals surface area contributed by atoms with E-state index < -0.39 is 0 Å². The summed E-state index contributed by atoms with van der Waals surface area (Å²) in [6, 6.07) is 3.32. The third kappa shape index (κ3) is 2.40. The number of halogens is 1. The molecule has 0 radical (unpaired) electrons. The van der Waals surface area contributed by atoms with Crippen molar-refractivity contribution in [3.05, 3.63) is 29.0 Å². The van der Waals surface area contributed by atoms with Gasteiger partial charge >= 0.3 is 0 Å². The standard InChI is InChI=1S/C8H4ClNO/c9-8-4-3-7(6-10-8)2-1-5-11/h3-6H. The first-order valence-corrected chi connectivity index (χ1v) is 3.27. The molecular weight excluding hydrogens is 162 g/mol. The lowest BCUT2D eigenvalue weighted by molar-refractivity contribution is -0.103. The van der Waals surface area contributed by atoms with Gasteiger partial charge in [0.15, 0.2) is 6.29 Å². The van der Waals surface area contributed by atoms with Gasteiger partial charge in [-0.15, -0.1) is 0 Å². The SMILES string of the molecule is O=CC#Cc1ccc(Cl)nc1. The smallest absolute Gasteiger partial charge is 0.193 e. The van der Waals surface area contributed by atoms with Gasteiger partial charge in [0.05, 0.1) is 0 Å². The first-order valence-electron chi connectivity index (χ1n) is 2.89. The summed E-state index contributed by atoms with van der Waals surface area (Å²) in [5.74, 6) is 4.85. The molecule has 1 aromatic rings. The van der Waals surface area contributed by atoms with Crippen molar-refractivity contribution in [2.45, 2.75) is 0 Å². The second-order valence-electron chi connectivity index (χ2n) is 1.76. The summed E-state index contributed by atoms with van der Waals surface area (Å²) in [6.45, 7) is 0. The van der Waals surface area contributed by atoms with Crippen LogP contribution in [-0.4, -0.2) is 11.3 Å². The minimum atomic E-state index is 0.418. The molecule has 0 bridgehead atoms. The molecule has 0 aliphatic rings. The second kappa shape index (κ2) is 3.75. The lowest BCUT2D eigenvalue weighted by atomic mass is 10.3. The molecule has 1 heterocycles. The third-order valence-electron chi connectivity index (χ3n) is 1.00. The number of hydrogen-bond donors (Lipinski definition) is 0. The summed E-state index contributed by atoms with van der Waals surface area (Å²) in [6.07, 6.45) is 2.05. The Bertz CT molecular complexity index is 307. The molecule has 1 aromatic heterocycles. The lowest BCUT2D eigenvalue weighted by Crippen LogP contribution is -1.77. The normalized spacial score (nSPS) is 8.09. The fourth-order valence-electron chi connectivity index (χ4n) is 0.563. The Morgan fingerprint density at radius 2 is 2.36 bits per heavy atom. The van der Waals surface area contributed by atoms with Crippen LogP contribution >= 0.6 is 11.6 Å². The number of nitrogens with zero attached hydrogens (tertiary/aromatic N) is 1. The molecule has 0 atom stereocenters. The van der Waals surface area contributed by atoms with Gasteiger partial charge in [-0.3, -0.25) is 4.79 Å².